The minimum absolute atomic E-state index is 0.0856. The van der Waals surface area contributed by atoms with Gasteiger partial charge in [-0.25, -0.2) is 0 Å². The summed E-state index contributed by atoms with van der Waals surface area (Å²) in [5.74, 6) is 0. The zero-order valence-corrected chi connectivity index (χ0v) is 8.56. The molecule has 0 unspecified atom stereocenters. The second kappa shape index (κ2) is 2.71. The van der Waals surface area contributed by atoms with Crippen LogP contribution in [0.5, 0.6) is 0 Å². The molecule has 11 heavy (non-hydrogen) atoms. The fourth-order valence-corrected chi connectivity index (χ4v) is 3.92. The fourth-order valence-electron chi connectivity index (χ4n) is 0.752. The molecule has 0 aliphatic carbocycles. The molecule has 62 valence electrons. The van der Waals surface area contributed by atoms with Gasteiger partial charge in [0.25, 0.3) is 0 Å². The molecule has 1 heterocycles. The molecule has 1 aromatic heterocycles. The van der Waals surface area contributed by atoms with Gasteiger partial charge in [0.15, 0.2) is 0 Å². The summed E-state index contributed by atoms with van der Waals surface area (Å²) in [6, 6.07) is 0. The fraction of sp³-hybridized carbons (Fsp3) is 0.400. The third-order valence-electron chi connectivity index (χ3n) is 1.10. The number of aromatic nitrogens is 1. The van der Waals surface area contributed by atoms with E-state index >= 15 is 0 Å². The van der Waals surface area contributed by atoms with Crippen LogP contribution >= 0.6 is 0 Å². The van der Waals surface area contributed by atoms with Crippen LogP contribution in [-0.2, 0) is 10.1 Å². The number of aryl methyl sites for hydroxylation is 2. The first-order chi connectivity index (χ1) is 4.91. The molecule has 1 N–H and O–H groups in total. The predicted octanol–water partition coefficient (Wildman–Crippen LogP) is 0.00214. The van der Waals surface area contributed by atoms with Gasteiger partial charge < -0.3 is 0 Å². The predicted molar refractivity (Wildman–Crippen MR) is 40.5 cm³/mol. The van der Waals surface area contributed by atoms with Crippen molar-refractivity contribution >= 4 is 24.6 Å². The standard InChI is InChI=1S/C5H7NO3SSe/c1-3-5(10(7,8)9)11-4(2)6-3/h1-2H3,(H,7,8,9). The Morgan fingerprint density at radius 1 is 1.45 bits per heavy atom. The summed E-state index contributed by atoms with van der Waals surface area (Å²) in [5.41, 5.74) is 0.421. The Morgan fingerprint density at radius 3 is 2.18 bits per heavy atom. The SMILES string of the molecule is Cc1nc(C)c(S(=O)(=O)O)[se]1. The van der Waals surface area contributed by atoms with Crippen LogP contribution in [0.2, 0.25) is 0 Å². The molecule has 0 aliphatic rings. The first-order valence-electron chi connectivity index (χ1n) is 2.83. The van der Waals surface area contributed by atoms with Crippen LogP contribution in [-0.4, -0.2) is 32.5 Å². The second-order valence-corrected chi connectivity index (χ2v) is 6.55. The Hall–Kier alpha value is -0.161. The van der Waals surface area contributed by atoms with Gasteiger partial charge in [0.2, 0.25) is 0 Å². The van der Waals surface area contributed by atoms with Crippen molar-refractivity contribution in [2.75, 3.05) is 0 Å². The zero-order chi connectivity index (χ0) is 8.65. The molecule has 6 heteroatoms. The van der Waals surface area contributed by atoms with Gasteiger partial charge in [0.05, 0.1) is 0 Å². The van der Waals surface area contributed by atoms with Crippen molar-refractivity contribution in [3.8, 4) is 0 Å². The molecule has 0 aromatic carbocycles. The van der Waals surface area contributed by atoms with Crippen molar-refractivity contribution in [1.29, 1.82) is 0 Å². The van der Waals surface area contributed by atoms with Gasteiger partial charge in [-0.1, -0.05) is 0 Å². The summed E-state index contributed by atoms with van der Waals surface area (Å²) < 4.78 is 30.8. The van der Waals surface area contributed by atoms with Gasteiger partial charge in [0.1, 0.15) is 0 Å². The number of rotatable bonds is 1. The van der Waals surface area contributed by atoms with E-state index in [0.29, 0.717) is 5.69 Å². The zero-order valence-electron chi connectivity index (χ0n) is 6.03. The molecule has 0 fully saturated rings. The van der Waals surface area contributed by atoms with Gasteiger partial charge in [-0.3, -0.25) is 0 Å². The normalized spacial score (nSPS) is 11.9. The Balaban J connectivity index is 3.36. The van der Waals surface area contributed by atoms with Crippen molar-refractivity contribution in [2.45, 2.75) is 17.6 Å². The summed E-state index contributed by atoms with van der Waals surface area (Å²) >= 11 is -0.308. The van der Waals surface area contributed by atoms with Crippen LogP contribution in [0.15, 0.2) is 3.77 Å². The molecular formula is C5H7NO3SSe. The molecule has 0 radical (unpaired) electrons. The van der Waals surface area contributed by atoms with Crippen LogP contribution in [0.1, 0.15) is 10.3 Å². The Kier molecular flexibility index (Phi) is 2.20. The van der Waals surface area contributed by atoms with Crippen LogP contribution < -0.4 is 0 Å². The number of nitrogens with zero attached hydrogens (tertiary/aromatic N) is 1. The molecule has 1 aromatic rings. The summed E-state index contributed by atoms with van der Waals surface area (Å²) in [5, 5.41) is 0. The molecule has 0 bridgehead atoms. The van der Waals surface area contributed by atoms with Gasteiger partial charge in [-0.2, -0.15) is 0 Å². The molecule has 0 saturated carbocycles. The van der Waals surface area contributed by atoms with E-state index in [1.54, 1.807) is 13.8 Å². The molecule has 4 nitrogen and oxygen atoms in total. The summed E-state index contributed by atoms with van der Waals surface area (Å²) in [6.45, 7) is 3.34. The van der Waals surface area contributed by atoms with Gasteiger partial charge >= 0.3 is 70.5 Å². The maximum absolute atomic E-state index is 10.6. The minimum atomic E-state index is -3.99. The average Bonchev–Trinajstić information content (AvgIpc) is 2.08. The molecule has 1 rings (SSSR count). The molecule has 0 amide bonds. The van der Waals surface area contributed by atoms with E-state index < -0.39 is 10.1 Å². The van der Waals surface area contributed by atoms with E-state index in [4.69, 9.17) is 4.55 Å². The van der Waals surface area contributed by atoms with Crippen LogP contribution in [0.25, 0.3) is 0 Å². The van der Waals surface area contributed by atoms with Gasteiger partial charge in [0, 0.05) is 0 Å². The van der Waals surface area contributed by atoms with Crippen LogP contribution in [0.4, 0.5) is 0 Å². The first-order valence-corrected chi connectivity index (χ1v) is 5.98. The van der Waals surface area contributed by atoms with E-state index in [9.17, 15) is 8.42 Å². The van der Waals surface area contributed by atoms with Crippen molar-refractivity contribution in [1.82, 2.24) is 4.98 Å². The summed E-state index contributed by atoms with van der Waals surface area (Å²) in [4.78, 5) is 3.92. The molecule has 0 saturated heterocycles. The second-order valence-electron chi connectivity index (χ2n) is 2.08. The van der Waals surface area contributed by atoms with E-state index in [1.165, 1.54) is 0 Å². The Labute approximate surface area is 70.8 Å². The topological polar surface area (TPSA) is 67.3 Å². The van der Waals surface area contributed by atoms with Crippen molar-refractivity contribution in [3.05, 3.63) is 10.3 Å². The van der Waals surface area contributed by atoms with E-state index in [2.05, 4.69) is 4.98 Å². The van der Waals surface area contributed by atoms with E-state index in [1.807, 2.05) is 0 Å². The van der Waals surface area contributed by atoms with Crippen molar-refractivity contribution in [3.63, 3.8) is 0 Å². The number of hydrogen-bond donors (Lipinski definition) is 1. The van der Waals surface area contributed by atoms with Crippen molar-refractivity contribution < 1.29 is 13.0 Å². The summed E-state index contributed by atoms with van der Waals surface area (Å²) in [6.07, 6.45) is 0. The third-order valence-corrected chi connectivity index (χ3v) is 5.44. The van der Waals surface area contributed by atoms with Crippen LogP contribution in [0.3, 0.4) is 0 Å². The average molecular weight is 240 g/mol. The maximum atomic E-state index is 10.6. The summed E-state index contributed by atoms with van der Waals surface area (Å²) in [7, 11) is -3.99. The monoisotopic (exact) mass is 241 g/mol. The quantitative estimate of drug-likeness (QED) is 0.554. The van der Waals surface area contributed by atoms with Gasteiger partial charge in [-0.05, 0) is 0 Å². The van der Waals surface area contributed by atoms with E-state index in [0.717, 1.165) is 4.57 Å². The molecular weight excluding hydrogens is 233 g/mol. The third kappa shape index (κ3) is 1.90. The number of hydrogen-bond acceptors (Lipinski definition) is 3. The van der Waals surface area contributed by atoms with Crippen LogP contribution in [0, 0.1) is 13.8 Å². The van der Waals surface area contributed by atoms with Gasteiger partial charge in [-0.15, -0.1) is 0 Å². The van der Waals surface area contributed by atoms with Crippen molar-refractivity contribution in [2.24, 2.45) is 0 Å². The molecule has 0 spiro atoms. The molecule has 0 aliphatic heterocycles. The molecule has 0 atom stereocenters. The first kappa shape index (κ1) is 8.93. The Bertz CT molecular complexity index is 367. The van der Waals surface area contributed by atoms with E-state index in [-0.39, 0.29) is 18.3 Å². The Morgan fingerprint density at radius 2 is 2.00 bits per heavy atom.